The summed E-state index contributed by atoms with van der Waals surface area (Å²) >= 11 is 3.65. The number of fused-ring (bicyclic) bond motifs is 1. The van der Waals surface area contributed by atoms with E-state index < -0.39 is 4.92 Å². The van der Waals surface area contributed by atoms with Crippen molar-refractivity contribution in [3.8, 4) is 11.3 Å². The Labute approximate surface area is 160 Å². The lowest BCUT2D eigenvalue weighted by molar-refractivity contribution is -0.384. The van der Waals surface area contributed by atoms with Crippen LogP contribution in [0.5, 0.6) is 0 Å². The first-order valence-corrected chi connectivity index (χ1v) is 9.09. The molecule has 3 aromatic rings. The number of nitrogens with one attached hydrogen (secondary N) is 1. The minimum Gasteiger partial charge on any atom is -0.365 e. The fourth-order valence-electron chi connectivity index (χ4n) is 2.93. The number of halogens is 1. The zero-order chi connectivity index (χ0) is 19.2. The summed E-state index contributed by atoms with van der Waals surface area (Å²) in [5.74, 6) is 0.875. The molecule has 0 atom stereocenters. The van der Waals surface area contributed by atoms with Crippen LogP contribution in [0.4, 0.5) is 11.5 Å². The molecule has 26 heavy (non-hydrogen) atoms. The van der Waals surface area contributed by atoms with E-state index >= 15 is 0 Å². The summed E-state index contributed by atoms with van der Waals surface area (Å²) in [5.41, 5.74) is 4.50. The van der Waals surface area contributed by atoms with E-state index in [-0.39, 0.29) is 11.2 Å². The van der Waals surface area contributed by atoms with Crippen LogP contribution in [0, 0.1) is 24.0 Å². The highest BCUT2D eigenvalue weighted by atomic mass is 79.9. The fourth-order valence-corrected chi connectivity index (χ4v) is 3.22. The fraction of sp³-hybridized carbons (Fsp3) is 0.316. The number of imidazole rings is 1. The summed E-state index contributed by atoms with van der Waals surface area (Å²) in [6.45, 7) is 10.3. The molecule has 1 N–H and O–H groups in total. The van der Waals surface area contributed by atoms with Gasteiger partial charge >= 0.3 is 0 Å². The van der Waals surface area contributed by atoms with Crippen molar-refractivity contribution in [3.05, 3.63) is 56.2 Å². The van der Waals surface area contributed by atoms with E-state index in [1.165, 1.54) is 12.1 Å². The zero-order valence-electron chi connectivity index (χ0n) is 15.4. The molecule has 0 aliphatic heterocycles. The van der Waals surface area contributed by atoms with Crippen molar-refractivity contribution in [2.45, 2.75) is 40.2 Å². The third-order valence-electron chi connectivity index (χ3n) is 4.09. The maximum Gasteiger partial charge on any atom is 0.269 e. The molecule has 3 rings (SSSR count). The van der Waals surface area contributed by atoms with Crippen LogP contribution in [-0.4, -0.2) is 19.8 Å². The molecule has 0 radical (unpaired) electrons. The molecule has 1 aromatic carbocycles. The number of aromatic nitrogens is 2. The number of pyridine rings is 1. The van der Waals surface area contributed by atoms with Gasteiger partial charge in [-0.05, 0) is 74.3 Å². The van der Waals surface area contributed by atoms with E-state index in [4.69, 9.17) is 4.98 Å². The minimum atomic E-state index is -0.396. The first-order valence-electron chi connectivity index (χ1n) is 8.29. The van der Waals surface area contributed by atoms with Crippen LogP contribution in [0.25, 0.3) is 16.9 Å². The number of rotatable bonds is 3. The second-order valence-electron chi connectivity index (χ2n) is 7.41. The quantitative estimate of drug-likeness (QED) is 0.451. The van der Waals surface area contributed by atoms with Crippen molar-refractivity contribution in [1.29, 1.82) is 0 Å². The second kappa shape index (κ2) is 6.39. The summed E-state index contributed by atoms with van der Waals surface area (Å²) in [6.07, 6.45) is 0. The van der Waals surface area contributed by atoms with Crippen LogP contribution >= 0.6 is 15.9 Å². The molecule has 0 amide bonds. The lowest BCUT2D eigenvalue weighted by atomic mass is 10.1. The molecular weight excluding hydrogens is 396 g/mol. The Bertz CT molecular complexity index is 1000. The second-order valence-corrected chi connectivity index (χ2v) is 8.20. The van der Waals surface area contributed by atoms with Crippen molar-refractivity contribution in [3.63, 3.8) is 0 Å². The molecular formula is C19H21BrN4O2. The van der Waals surface area contributed by atoms with Crippen LogP contribution in [0.15, 0.2) is 34.8 Å². The largest absolute Gasteiger partial charge is 0.365 e. The molecule has 7 heteroatoms. The standard InChI is InChI=1S/C19H21BrN4O2/c1-11-10-15-21-17(13-6-8-14(9-7-13)24(25)26)18(22-19(3,4)5)23(15)12(2)16(11)20/h6-10,22H,1-5H3. The topological polar surface area (TPSA) is 72.5 Å². The van der Waals surface area contributed by atoms with Gasteiger partial charge in [-0.15, -0.1) is 0 Å². The van der Waals surface area contributed by atoms with Gasteiger partial charge in [0.2, 0.25) is 0 Å². The van der Waals surface area contributed by atoms with Gasteiger partial charge in [0.25, 0.3) is 5.69 Å². The smallest absolute Gasteiger partial charge is 0.269 e. The lowest BCUT2D eigenvalue weighted by Gasteiger charge is -2.23. The molecule has 0 saturated heterocycles. The van der Waals surface area contributed by atoms with E-state index in [1.54, 1.807) is 12.1 Å². The van der Waals surface area contributed by atoms with E-state index in [2.05, 4.69) is 46.4 Å². The van der Waals surface area contributed by atoms with Gasteiger partial charge in [0.15, 0.2) is 0 Å². The Balaban J connectivity index is 2.28. The lowest BCUT2D eigenvalue weighted by Crippen LogP contribution is -2.27. The number of non-ortho nitro benzene ring substituents is 1. The van der Waals surface area contributed by atoms with Gasteiger partial charge in [0.05, 0.1) is 4.92 Å². The predicted octanol–water partition coefficient (Wildman–Crippen LogP) is 5.50. The third-order valence-corrected chi connectivity index (χ3v) is 5.29. The summed E-state index contributed by atoms with van der Waals surface area (Å²) in [5, 5.41) is 14.5. The molecule has 0 bridgehead atoms. The van der Waals surface area contributed by atoms with Crippen LogP contribution < -0.4 is 5.32 Å². The van der Waals surface area contributed by atoms with Crippen LogP contribution in [0.1, 0.15) is 32.0 Å². The maximum absolute atomic E-state index is 10.9. The SMILES string of the molecule is Cc1cc2nc(-c3ccc([N+](=O)[O-])cc3)c(NC(C)(C)C)n2c(C)c1Br. The molecule has 0 aliphatic carbocycles. The van der Waals surface area contributed by atoms with Gasteiger partial charge in [0, 0.05) is 33.4 Å². The average Bonchev–Trinajstić information content (AvgIpc) is 2.89. The highest BCUT2D eigenvalue weighted by Gasteiger charge is 2.22. The number of aryl methyl sites for hydroxylation is 2. The van der Waals surface area contributed by atoms with Crippen LogP contribution in [0.2, 0.25) is 0 Å². The molecule has 136 valence electrons. The first-order chi connectivity index (χ1) is 12.1. The summed E-state index contributed by atoms with van der Waals surface area (Å²) < 4.78 is 3.12. The Hall–Kier alpha value is -2.41. The minimum absolute atomic E-state index is 0.0672. The van der Waals surface area contributed by atoms with Gasteiger partial charge in [-0.1, -0.05) is 0 Å². The monoisotopic (exact) mass is 416 g/mol. The molecule has 2 heterocycles. The Morgan fingerprint density at radius 1 is 1.19 bits per heavy atom. The summed E-state index contributed by atoms with van der Waals surface area (Å²) in [4.78, 5) is 15.3. The summed E-state index contributed by atoms with van der Waals surface area (Å²) in [7, 11) is 0. The van der Waals surface area contributed by atoms with E-state index in [1.807, 2.05) is 19.9 Å². The molecule has 0 aliphatic rings. The van der Waals surface area contributed by atoms with Gasteiger partial charge in [-0.25, -0.2) is 4.98 Å². The highest BCUT2D eigenvalue weighted by molar-refractivity contribution is 9.10. The number of benzene rings is 1. The van der Waals surface area contributed by atoms with Crippen molar-refractivity contribution in [2.24, 2.45) is 0 Å². The van der Waals surface area contributed by atoms with Gasteiger partial charge in [0.1, 0.15) is 17.2 Å². The average molecular weight is 417 g/mol. The molecule has 2 aromatic heterocycles. The Kier molecular flexibility index (Phi) is 4.52. The number of hydrogen-bond donors (Lipinski definition) is 1. The van der Waals surface area contributed by atoms with Crippen molar-refractivity contribution < 1.29 is 4.92 Å². The third kappa shape index (κ3) is 3.31. The van der Waals surface area contributed by atoms with Gasteiger partial charge < -0.3 is 5.32 Å². The van der Waals surface area contributed by atoms with Gasteiger partial charge in [-0.2, -0.15) is 0 Å². The van der Waals surface area contributed by atoms with Crippen molar-refractivity contribution >= 4 is 33.1 Å². The highest BCUT2D eigenvalue weighted by Crippen LogP contribution is 2.35. The van der Waals surface area contributed by atoms with Crippen molar-refractivity contribution in [2.75, 3.05) is 5.32 Å². The predicted molar refractivity (Wildman–Crippen MR) is 108 cm³/mol. The molecule has 0 fully saturated rings. The molecule has 6 nitrogen and oxygen atoms in total. The van der Waals surface area contributed by atoms with E-state index in [0.717, 1.165) is 38.5 Å². The number of nitro benzene ring substituents is 1. The van der Waals surface area contributed by atoms with Gasteiger partial charge in [-0.3, -0.25) is 14.5 Å². The number of nitro groups is 1. The maximum atomic E-state index is 10.9. The molecule has 0 saturated carbocycles. The van der Waals surface area contributed by atoms with E-state index in [9.17, 15) is 10.1 Å². The van der Waals surface area contributed by atoms with E-state index in [0.29, 0.717) is 0 Å². The first kappa shape index (κ1) is 18.4. The normalized spacial score (nSPS) is 11.8. The number of hydrogen-bond acceptors (Lipinski definition) is 4. The zero-order valence-corrected chi connectivity index (χ0v) is 17.0. The van der Waals surface area contributed by atoms with Crippen molar-refractivity contribution in [1.82, 2.24) is 9.38 Å². The molecule has 0 unspecified atom stereocenters. The molecule has 0 spiro atoms. The number of nitrogens with zero attached hydrogens (tertiary/aromatic N) is 3. The Morgan fingerprint density at radius 2 is 1.81 bits per heavy atom. The number of anilines is 1. The van der Waals surface area contributed by atoms with Crippen LogP contribution in [0.3, 0.4) is 0 Å². The Morgan fingerprint density at radius 3 is 2.35 bits per heavy atom. The van der Waals surface area contributed by atoms with Crippen LogP contribution in [-0.2, 0) is 0 Å². The summed E-state index contributed by atoms with van der Waals surface area (Å²) in [6, 6.07) is 8.53.